The number of nitrogens with zero attached hydrogens (tertiary/aromatic N) is 4. The fourth-order valence-corrected chi connectivity index (χ4v) is 5.19. The molecule has 1 fully saturated rings. The van der Waals surface area contributed by atoms with Crippen LogP contribution in [0, 0.1) is 5.92 Å². The van der Waals surface area contributed by atoms with Crippen molar-refractivity contribution >= 4 is 46.0 Å². The smallest absolute Gasteiger partial charge is 0.310 e. The van der Waals surface area contributed by atoms with E-state index in [0.29, 0.717) is 30.7 Å². The van der Waals surface area contributed by atoms with Gasteiger partial charge in [0, 0.05) is 49.5 Å². The quantitative estimate of drug-likeness (QED) is 0.217. The summed E-state index contributed by atoms with van der Waals surface area (Å²) in [5.74, 6) is 0.00184. The number of rotatable bonds is 9. The molecule has 1 aliphatic rings. The molecule has 0 radical (unpaired) electrons. The van der Waals surface area contributed by atoms with Crippen molar-refractivity contribution in [2.24, 2.45) is 23.7 Å². The molecule has 1 atom stereocenters. The number of piperidine rings is 1. The lowest BCUT2D eigenvalue weighted by atomic mass is 9.97. The molecule has 3 N–H and O–H groups in total. The van der Waals surface area contributed by atoms with Crippen LogP contribution in [-0.2, 0) is 23.1 Å². The predicted molar refractivity (Wildman–Crippen MR) is 169 cm³/mol. The Bertz CT molecular complexity index is 1660. The highest BCUT2D eigenvalue weighted by atomic mass is 16.5. The molecule has 1 saturated heterocycles. The Hall–Kier alpha value is -4.92. The summed E-state index contributed by atoms with van der Waals surface area (Å²) in [6.45, 7) is 4.30. The molecule has 5 rings (SSSR count). The third-order valence-electron chi connectivity index (χ3n) is 7.47. The van der Waals surface area contributed by atoms with Crippen LogP contribution >= 0.6 is 0 Å². The number of allylic oxidation sites excluding steroid dienone is 1. The highest BCUT2D eigenvalue weighted by Gasteiger charge is 2.27. The molecule has 0 amide bonds. The van der Waals surface area contributed by atoms with Crippen LogP contribution in [0.1, 0.15) is 30.9 Å². The van der Waals surface area contributed by atoms with Gasteiger partial charge in [-0.05, 0) is 67.3 Å². The molecule has 216 valence electrons. The van der Waals surface area contributed by atoms with Crippen LogP contribution in [0.15, 0.2) is 88.8 Å². The standard InChI is InChI=1S/C33H36N6O3/c1-3-42-33(41)25-10-7-17-39(22-25)28-14-12-27(13-15-28)36-31-32(40)38(2)30-18-24(11-16-29(30)37-31)26(19-34)21-35-20-23-8-5-4-6-9-23/h4-6,8-9,11-16,18-19,21,25H,3,7,10,17,20,22,34H2,1-2H3,(H,36,37). The Balaban J connectivity index is 1.30. The fraction of sp³-hybridized carbons (Fsp3) is 0.273. The maximum atomic E-state index is 13.3. The van der Waals surface area contributed by atoms with Gasteiger partial charge in [-0.3, -0.25) is 14.6 Å². The van der Waals surface area contributed by atoms with E-state index < -0.39 is 0 Å². The van der Waals surface area contributed by atoms with Crippen LogP contribution in [0.5, 0.6) is 0 Å². The van der Waals surface area contributed by atoms with E-state index in [-0.39, 0.29) is 23.3 Å². The van der Waals surface area contributed by atoms with Gasteiger partial charge in [0.1, 0.15) is 0 Å². The summed E-state index contributed by atoms with van der Waals surface area (Å²) < 4.78 is 6.81. The van der Waals surface area contributed by atoms with Gasteiger partial charge in [0.05, 0.1) is 30.1 Å². The largest absolute Gasteiger partial charge is 0.466 e. The normalized spacial score (nSPS) is 15.7. The summed E-state index contributed by atoms with van der Waals surface area (Å²) in [6, 6.07) is 23.5. The van der Waals surface area contributed by atoms with Crippen molar-refractivity contribution in [2.75, 3.05) is 29.9 Å². The minimum atomic E-state index is -0.243. The Morgan fingerprint density at radius 1 is 1.14 bits per heavy atom. The van der Waals surface area contributed by atoms with E-state index in [2.05, 4.69) is 20.2 Å². The maximum Gasteiger partial charge on any atom is 0.310 e. The maximum absolute atomic E-state index is 13.3. The average Bonchev–Trinajstić information content (AvgIpc) is 3.03. The first kappa shape index (κ1) is 28.6. The third kappa shape index (κ3) is 6.52. The molecule has 2 heterocycles. The van der Waals surface area contributed by atoms with Crippen molar-refractivity contribution in [1.82, 2.24) is 9.55 Å². The summed E-state index contributed by atoms with van der Waals surface area (Å²) in [4.78, 5) is 36.9. The van der Waals surface area contributed by atoms with Crippen LogP contribution < -0.4 is 21.5 Å². The molecule has 4 aromatic rings. The van der Waals surface area contributed by atoms with Gasteiger partial charge >= 0.3 is 5.97 Å². The van der Waals surface area contributed by atoms with Gasteiger partial charge in [-0.25, -0.2) is 4.98 Å². The zero-order valence-corrected chi connectivity index (χ0v) is 24.0. The molecule has 0 spiro atoms. The predicted octanol–water partition coefficient (Wildman–Crippen LogP) is 5.03. The lowest BCUT2D eigenvalue weighted by molar-refractivity contribution is -0.148. The van der Waals surface area contributed by atoms with Crippen molar-refractivity contribution in [2.45, 2.75) is 26.3 Å². The lowest BCUT2D eigenvalue weighted by Gasteiger charge is -2.33. The minimum absolute atomic E-state index is 0.111. The molecule has 1 aliphatic heterocycles. The molecule has 1 unspecified atom stereocenters. The zero-order chi connectivity index (χ0) is 29.5. The van der Waals surface area contributed by atoms with Gasteiger partial charge in [0.2, 0.25) is 0 Å². The second-order valence-electron chi connectivity index (χ2n) is 10.3. The SMILES string of the molecule is CCOC(=O)C1CCCN(c2ccc(Nc3nc4ccc(C(C=NCc5ccccc5)=CN)cc4n(C)c3=O)cc2)C1. The molecule has 0 aliphatic carbocycles. The Labute approximate surface area is 245 Å². The van der Waals surface area contributed by atoms with Gasteiger partial charge in [0.15, 0.2) is 5.82 Å². The van der Waals surface area contributed by atoms with Crippen molar-refractivity contribution in [3.05, 3.63) is 100 Å². The van der Waals surface area contributed by atoms with Crippen LogP contribution in [0.3, 0.4) is 0 Å². The molecule has 9 nitrogen and oxygen atoms in total. The second kappa shape index (κ2) is 13.2. The van der Waals surface area contributed by atoms with E-state index >= 15 is 0 Å². The monoisotopic (exact) mass is 564 g/mol. The molecule has 9 heteroatoms. The van der Waals surface area contributed by atoms with Gasteiger partial charge in [-0.1, -0.05) is 36.4 Å². The number of nitrogens with two attached hydrogens (primary N) is 1. The fourth-order valence-electron chi connectivity index (χ4n) is 5.19. The highest BCUT2D eigenvalue weighted by molar-refractivity contribution is 6.10. The van der Waals surface area contributed by atoms with E-state index in [4.69, 9.17) is 10.5 Å². The van der Waals surface area contributed by atoms with Gasteiger partial charge < -0.3 is 25.3 Å². The number of fused-ring (bicyclic) bond motifs is 1. The van der Waals surface area contributed by atoms with E-state index in [1.54, 1.807) is 17.8 Å². The van der Waals surface area contributed by atoms with E-state index in [1.165, 1.54) is 6.20 Å². The van der Waals surface area contributed by atoms with E-state index in [9.17, 15) is 9.59 Å². The van der Waals surface area contributed by atoms with E-state index in [1.807, 2.05) is 79.7 Å². The summed E-state index contributed by atoms with van der Waals surface area (Å²) in [6.07, 6.45) is 5.05. The number of anilines is 3. The molecular weight excluding hydrogens is 528 g/mol. The van der Waals surface area contributed by atoms with Crippen LogP contribution in [0.4, 0.5) is 17.2 Å². The van der Waals surface area contributed by atoms with Crippen LogP contribution in [0.2, 0.25) is 0 Å². The zero-order valence-electron chi connectivity index (χ0n) is 24.0. The number of aliphatic imine (C=N–C) groups is 1. The summed E-state index contributed by atoms with van der Waals surface area (Å²) >= 11 is 0. The van der Waals surface area contributed by atoms with Gasteiger partial charge in [0.25, 0.3) is 5.56 Å². The first-order valence-corrected chi connectivity index (χ1v) is 14.2. The molecule has 1 aromatic heterocycles. The lowest BCUT2D eigenvalue weighted by Crippen LogP contribution is -2.39. The first-order valence-electron chi connectivity index (χ1n) is 14.2. The van der Waals surface area contributed by atoms with E-state index in [0.717, 1.165) is 47.5 Å². The van der Waals surface area contributed by atoms with Crippen LogP contribution in [0.25, 0.3) is 16.6 Å². The number of benzene rings is 3. The number of ether oxygens (including phenoxy) is 1. The minimum Gasteiger partial charge on any atom is -0.466 e. The molecule has 42 heavy (non-hydrogen) atoms. The Morgan fingerprint density at radius 3 is 2.67 bits per heavy atom. The number of aryl methyl sites for hydroxylation is 1. The average molecular weight is 565 g/mol. The Morgan fingerprint density at radius 2 is 1.93 bits per heavy atom. The number of nitrogens with one attached hydrogen (secondary N) is 1. The number of carbonyl (C=O) groups excluding carboxylic acids is 1. The molecule has 3 aromatic carbocycles. The van der Waals surface area contributed by atoms with Crippen molar-refractivity contribution in [3.63, 3.8) is 0 Å². The van der Waals surface area contributed by atoms with Crippen molar-refractivity contribution < 1.29 is 9.53 Å². The van der Waals surface area contributed by atoms with Gasteiger partial charge in [-0.2, -0.15) is 0 Å². The summed E-state index contributed by atoms with van der Waals surface area (Å²) in [5.41, 5.74) is 11.5. The van der Waals surface area contributed by atoms with Crippen molar-refractivity contribution in [3.8, 4) is 0 Å². The molecule has 0 saturated carbocycles. The Kier molecular flexibility index (Phi) is 8.96. The van der Waals surface area contributed by atoms with Gasteiger partial charge in [-0.15, -0.1) is 0 Å². The van der Waals surface area contributed by atoms with Crippen molar-refractivity contribution in [1.29, 1.82) is 0 Å². The number of hydrogen-bond acceptors (Lipinski definition) is 8. The number of carbonyl (C=O) groups is 1. The topological polar surface area (TPSA) is 115 Å². The van der Waals surface area contributed by atoms with Crippen LogP contribution in [-0.4, -0.2) is 41.4 Å². The highest BCUT2D eigenvalue weighted by Crippen LogP contribution is 2.26. The first-order chi connectivity index (χ1) is 20.5. The number of esters is 1. The molecular formula is C33H36N6O3. The molecule has 0 bridgehead atoms. The third-order valence-corrected chi connectivity index (χ3v) is 7.47. The summed E-state index contributed by atoms with van der Waals surface area (Å²) in [5, 5.41) is 3.18. The number of aromatic nitrogens is 2. The summed E-state index contributed by atoms with van der Waals surface area (Å²) in [7, 11) is 1.73. The second-order valence-corrected chi connectivity index (χ2v) is 10.3. The number of hydrogen-bond donors (Lipinski definition) is 2.